The number of carbonyl (C=O) groups excluding carboxylic acids is 2. The van der Waals surface area contributed by atoms with E-state index in [0.29, 0.717) is 23.9 Å². The maximum Gasteiger partial charge on any atom is 0.307 e. The van der Waals surface area contributed by atoms with Gasteiger partial charge in [0.25, 0.3) is 0 Å². The molecule has 6 heteroatoms. The first kappa shape index (κ1) is 16.7. The van der Waals surface area contributed by atoms with Gasteiger partial charge in [-0.2, -0.15) is 0 Å². The molecule has 0 N–H and O–H groups in total. The topological polar surface area (TPSA) is 55.8 Å². The summed E-state index contributed by atoms with van der Waals surface area (Å²) in [7, 11) is 0. The summed E-state index contributed by atoms with van der Waals surface area (Å²) in [5.74, 6) is 0.113. The maximum atomic E-state index is 12.9. The molecule has 0 aromatic heterocycles. The first-order chi connectivity index (χ1) is 12.1. The highest BCUT2D eigenvalue weighted by molar-refractivity contribution is 6.32. The second-order valence-corrected chi connectivity index (χ2v) is 7.68. The van der Waals surface area contributed by atoms with E-state index in [1.54, 1.807) is 11.0 Å². The van der Waals surface area contributed by atoms with Crippen molar-refractivity contribution in [1.82, 2.24) is 4.90 Å². The molecule has 1 aromatic rings. The van der Waals surface area contributed by atoms with E-state index in [1.807, 2.05) is 18.2 Å². The SMILES string of the molecule is O=C1C[C@H](C(=O)N2CC(Oc3ccccc3Cl)C2)C2(CCCCC2)O1. The number of halogens is 1. The van der Waals surface area contributed by atoms with Crippen molar-refractivity contribution in [3.8, 4) is 5.75 Å². The minimum Gasteiger partial charge on any atom is -0.485 e. The van der Waals surface area contributed by atoms with Crippen molar-refractivity contribution >= 4 is 23.5 Å². The lowest BCUT2D eigenvalue weighted by Gasteiger charge is -2.43. The average molecular weight is 364 g/mol. The molecule has 2 heterocycles. The predicted octanol–water partition coefficient (Wildman–Crippen LogP) is 3.20. The number of carbonyl (C=O) groups is 2. The van der Waals surface area contributed by atoms with E-state index in [2.05, 4.69) is 0 Å². The fourth-order valence-corrected chi connectivity index (χ4v) is 4.42. The Morgan fingerprint density at radius 1 is 1.20 bits per heavy atom. The standard InChI is InChI=1S/C19H22ClNO4/c20-15-6-2-3-7-16(15)24-13-11-21(12-13)18(23)14-10-17(22)25-19(14)8-4-1-5-9-19/h2-3,6-7,13-14H,1,4-5,8-12H2/t14-/m1/s1. The van der Waals surface area contributed by atoms with Crippen LogP contribution in [-0.4, -0.2) is 41.6 Å². The number of amides is 1. The highest BCUT2D eigenvalue weighted by Gasteiger charge is 2.54. The molecule has 1 atom stereocenters. The summed E-state index contributed by atoms with van der Waals surface area (Å²) in [5, 5.41) is 0.572. The van der Waals surface area contributed by atoms with Gasteiger partial charge in [-0.15, -0.1) is 0 Å². The van der Waals surface area contributed by atoms with Gasteiger partial charge >= 0.3 is 5.97 Å². The summed E-state index contributed by atoms with van der Waals surface area (Å²) < 4.78 is 11.5. The van der Waals surface area contributed by atoms with Gasteiger partial charge in [-0.3, -0.25) is 9.59 Å². The second kappa shape index (κ2) is 6.52. The Morgan fingerprint density at radius 2 is 1.92 bits per heavy atom. The molecule has 0 radical (unpaired) electrons. The van der Waals surface area contributed by atoms with Crippen molar-refractivity contribution in [3.63, 3.8) is 0 Å². The molecule has 1 amide bonds. The van der Waals surface area contributed by atoms with Crippen LogP contribution in [0.4, 0.5) is 0 Å². The molecule has 3 fully saturated rings. The number of ether oxygens (including phenoxy) is 2. The van der Waals surface area contributed by atoms with Crippen molar-refractivity contribution in [2.45, 2.75) is 50.2 Å². The fourth-order valence-electron chi connectivity index (χ4n) is 4.24. The minimum absolute atomic E-state index is 0.0340. The maximum absolute atomic E-state index is 12.9. The van der Waals surface area contributed by atoms with Crippen LogP contribution in [0.15, 0.2) is 24.3 Å². The number of rotatable bonds is 3. The summed E-state index contributed by atoms with van der Waals surface area (Å²) in [6.07, 6.45) is 4.97. The zero-order valence-electron chi connectivity index (χ0n) is 14.1. The van der Waals surface area contributed by atoms with E-state index >= 15 is 0 Å². The number of para-hydroxylation sites is 1. The summed E-state index contributed by atoms with van der Waals surface area (Å²) in [5.41, 5.74) is -0.554. The Bertz CT molecular complexity index is 680. The number of likely N-dealkylation sites (tertiary alicyclic amines) is 1. The lowest BCUT2D eigenvalue weighted by atomic mass is 9.75. The van der Waals surface area contributed by atoms with E-state index in [9.17, 15) is 9.59 Å². The minimum atomic E-state index is -0.554. The van der Waals surface area contributed by atoms with E-state index in [0.717, 1.165) is 32.1 Å². The summed E-state index contributed by atoms with van der Waals surface area (Å²) in [6.45, 7) is 1.07. The summed E-state index contributed by atoms with van der Waals surface area (Å²) >= 11 is 6.11. The Morgan fingerprint density at radius 3 is 2.64 bits per heavy atom. The predicted molar refractivity (Wildman–Crippen MR) is 92.5 cm³/mol. The molecule has 5 nitrogen and oxygen atoms in total. The monoisotopic (exact) mass is 363 g/mol. The van der Waals surface area contributed by atoms with Crippen LogP contribution in [0, 0.1) is 5.92 Å². The van der Waals surface area contributed by atoms with Crippen LogP contribution in [0.25, 0.3) is 0 Å². The zero-order chi connectivity index (χ0) is 17.4. The van der Waals surface area contributed by atoms with Crippen LogP contribution >= 0.6 is 11.6 Å². The number of nitrogens with zero attached hydrogens (tertiary/aromatic N) is 1. The van der Waals surface area contributed by atoms with Crippen LogP contribution in [-0.2, 0) is 14.3 Å². The van der Waals surface area contributed by atoms with Crippen LogP contribution < -0.4 is 4.74 Å². The fraction of sp³-hybridized carbons (Fsp3) is 0.579. The number of esters is 1. The molecule has 2 aliphatic heterocycles. The number of benzene rings is 1. The molecule has 0 bridgehead atoms. The number of hydrogen-bond donors (Lipinski definition) is 0. The molecule has 1 aliphatic carbocycles. The van der Waals surface area contributed by atoms with Crippen molar-refractivity contribution < 1.29 is 19.1 Å². The zero-order valence-corrected chi connectivity index (χ0v) is 14.8. The second-order valence-electron chi connectivity index (χ2n) is 7.27. The number of hydrogen-bond acceptors (Lipinski definition) is 4. The van der Waals surface area contributed by atoms with Crippen molar-refractivity contribution in [3.05, 3.63) is 29.3 Å². The molecule has 1 saturated carbocycles. The largest absolute Gasteiger partial charge is 0.485 e. The van der Waals surface area contributed by atoms with Crippen molar-refractivity contribution in [1.29, 1.82) is 0 Å². The lowest BCUT2D eigenvalue weighted by Crippen LogP contribution is -2.59. The molecule has 2 saturated heterocycles. The van der Waals surface area contributed by atoms with Gasteiger partial charge < -0.3 is 14.4 Å². The van der Waals surface area contributed by atoms with E-state index in [1.165, 1.54) is 0 Å². The first-order valence-corrected chi connectivity index (χ1v) is 9.37. The normalized spacial score (nSPS) is 25.6. The van der Waals surface area contributed by atoms with Gasteiger partial charge in [-0.1, -0.05) is 30.2 Å². The van der Waals surface area contributed by atoms with Gasteiger partial charge in [0.15, 0.2) is 0 Å². The smallest absolute Gasteiger partial charge is 0.307 e. The highest BCUT2D eigenvalue weighted by Crippen LogP contribution is 2.45. The molecule has 3 aliphatic rings. The molecule has 4 rings (SSSR count). The van der Waals surface area contributed by atoms with Crippen LogP contribution in [0.2, 0.25) is 5.02 Å². The Kier molecular flexibility index (Phi) is 4.36. The average Bonchev–Trinajstić information content (AvgIpc) is 2.88. The van der Waals surface area contributed by atoms with Gasteiger partial charge in [0.05, 0.1) is 30.5 Å². The molecule has 134 valence electrons. The van der Waals surface area contributed by atoms with Crippen LogP contribution in [0.1, 0.15) is 38.5 Å². The molecule has 0 unspecified atom stereocenters. The van der Waals surface area contributed by atoms with Crippen LogP contribution in [0.5, 0.6) is 5.75 Å². The Hall–Kier alpha value is -1.75. The van der Waals surface area contributed by atoms with Crippen LogP contribution in [0.3, 0.4) is 0 Å². The third-order valence-corrected chi connectivity index (χ3v) is 5.92. The Labute approximate surface area is 152 Å². The highest BCUT2D eigenvalue weighted by atomic mass is 35.5. The van der Waals surface area contributed by atoms with Gasteiger partial charge in [-0.05, 0) is 37.8 Å². The van der Waals surface area contributed by atoms with E-state index in [-0.39, 0.29) is 30.3 Å². The van der Waals surface area contributed by atoms with Gasteiger partial charge in [0.2, 0.25) is 5.91 Å². The van der Waals surface area contributed by atoms with Crippen molar-refractivity contribution in [2.75, 3.05) is 13.1 Å². The third kappa shape index (κ3) is 3.10. The Balaban J connectivity index is 1.38. The van der Waals surface area contributed by atoms with Gasteiger partial charge in [0.1, 0.15) is 17.5 Å². The quantitative estimate of drug-likeness (QED) is 0.774. The molecular weight excluding hydrogens is 342 g/mol. The van der Waals surface area contributed by atoms with E-state index < -0.39 is 5.60 Å². The van der Waals surface area contributed by atoms with Gasteiger partial charge in [0, 0.05) is 0 Å². The van der Waals surface area contributed by atoms with E-state index in [4.69, 9.17) is 21.1 Å². The third-order valence-electron chi connectivity index (χ3n) is 5.61. The molecule has 1 aromatic carbocycles. The summed E-state index contributed by atoms with van der Waals surface area (Å²) in [6, 6.07) is 7.34. The molecule has 1 spiro atoms. The van der Waals surface area contributed by atoms with Gasteiger partial charge in [-0.25, -0.2) is 0 Å². The molecular formula is C19H22ClNO4. The van der Waals surface area contributed by atoms with Crippen molar-refractivity contribution in [2.24, 2.45) is 5.92 Å². The molecule has 25 heavy (non-hydrogen) atoms. The first-order valence-electron chi connectivity index (χ1n) is 8.99. The summed E-state index contributed by atoms with van der Waals surface area (Å²) in [4.78, 5) is 26.6. The lowest BCUT2D eigenvalue weighted by molar-refractivity contribution is -0.159.